The van der Waals surface area contributed by atoms with Gasteiger partial charge in [0.25, 0.3) is 0 Å². The van der Waals surface area contributed by atoms with Gasteiger partial charge in [0, 0.05) is 11.3 Å². The van der Waals surface area contributed by atoms with Crippen molar-refractivity contribution >= 4 is 38.4 Å². The topological polar surface area (TPSA) is 202 Å². The Morgan fingerprint density at radius 3 is 2.21 bits per heavy atom. The van der Waals surface area contributed by atoms with Crippen molar-refractivity contribution in [1.82, 2.24) is 4.98 Å². The summed E-state index contributed by atoms with van der Waals surface area (Å²) in [5.41, 5.74) is -1.23. The number of carbonyl (C=O) groups excluding carboxylic acids is 1. The van der Waals surface area contributed by atoms with E-state index in [1.807, 2.05) is 60.7 Å². The molecule has 4 aliphatic rings. The van der Waals surface area contributed by atoms with Gasteiger partial charge in [-0.05, 0) is 114 Å². The third-order valence-corrected chi connectivity index (χ3v) is 14.0. The number of fused-ring (bicyclic) bond motifs is 5. The first-order chi connectivity index (χ1) is 26.9. The number of hydrogen-bond donors (Lipinski definition) is 8. The van der Waals surface area contributed by atoms with E-state index < -0.39 is 66.5 Å². The Morgan fingerprint density at radius 2 is 1.55 bits per heavy atom. The molecule has 2 saturated heterocycles. The summed E-state index contributed by atoms with van der Waals surface area (Å²) in [4.78, 5) is 17.5. The van der Waals surface area contributed by atoms with E-state index in [-0.39, 0.29) is 35.4 Å². The van der Waals surface area contributed by atoms with Crippen LogP contribution in [0.4, 0.5) is 0 Å². The molecular weight excluding hydrogens is 718 g/mol. The Bertz CT molecular complexity index is 2270. The summed E-state index contributed by atoms with van der Waals surface area (Å²) in [6.07, 6.45) is 1.29. The lowest BCUT2D eigenvalue weighted by atomic mass is 9.54. The first-order valence-corrected chi connectivity index (χ1v) is 19.8. The second-order valence-corrected chi connectivity index (χ2v) is 16.8. The van der Waals surface area contributed by atoms with Crippen molar-refractivity contribution in [2.24, 2.45) is 11.3 Å². The summed E-state index contributed by atoms with van der Waals surface area (Å²) in [6, 6.07) is 22.4. The number of benzene rings is 4. The number of esters is 1. The van der Waals surface area contributed by atoms with E-state index >= 15 is 0 Å². The fraction of sp³-hybridized carbons (Fsp3) is 0.477. The van der Waals surface area contributed by atoms with Gasteiger partial charge in [0.2, 0.25) is 5.79 Å². The molecule has 1 spiro atoms. The zero-order valence-electron chi connectivity index (χ0n) is 31.1. The number of hydrogen-bond acceptors (Lipinski definition) is 11. The Morgan fingerprint density at radius 1 is 0.857 bits per heavy atom. The van der Waals surface area contributed by atoms with Gasteiger partial charge in [-0.15, -0.1) is 0 Å². The number of H-pyrrole nitrogens is 1. The third kappa shape index (κ3) is 5.76. The molecule has 56 heavy (non-hydrogen) atoms. The maximum Gasteiger partial charge on any atom is 0.343 e. The van der Waals surface area contributed by atoms with Crippen LogP contribution < -0.4 is 4.74 Å². The first-order valence-electron chi connectivity index (χ1n) is 19.8. The van der Waals surface area contributed by atoms with E-state index in [0.717, 1.165) is 52.8 Å². The molecule has 0 radical (unpaired) electrons. The van der Waals surface area contributed by atoms with Gasteiger partial charge in [0.05, 0.1) is 29.3 Å². The Labute approximate surface area is 323 Å². The fourth-order valence-electron chi connectivity index (χ4n) is 11.0. The van der Waals surface area contributed by atoms with Crippen LogP contribution in [-0.4, -0.2) is 89.3 Å². The molecule has 3 heterocycles. The van der Waals surface area contributed by atoms with Crippen molar-refractivity contribution in [3.63, 3.8) is 0 Å². The molecule has 2 aliphatic carbocycles. The van der Waals surface area contributed by atoms with Crippen LogP contribution in [0.3, 0.4) is 0 Å². The smallest absolute Gasteiger partial charge is 0.343 e. The van der Waals surface area contributed by atoms with Gasteiger partial charge in [-0.2, -0.15) is 0 Å². The van der Waals surface area contributed by atoms with Gasteiger partial charge in [0.15, 0.2) is 18.1 Å². The lowest BCUT2D eigenvalue weighted by Gasteiger charge is -2.54. The molecule has 4 fully saturated rings. The minimum atomic E-state index is -2.61. The molecule has 12 nitrogen and oxygen atoms in total. The van der Waals surface area contributed by atoms with Crippen LogP contribution in [0, 0.1) is 11.3 Å². The lowest BCUT2D eigenvalue weighted by molar-refractivity contribution is -0.299. The number of ether oxygens (including phenoxy) is 3. The highest BCUT2D eigenvalue weighted by Gasteiger charge is 2.70. The predicted octanol–water partition coefficient (Wildman–Crippen LogP) is 4.94. The molecule has 296 valence electrons. The lowest BCUT2D eigenvalue weighted by Crippen LogP contribution is -2.64. The molecule has 5 aromatic rings. The maximum atomic E-state index is 14.4. The predicted molar refractivity (Wildman–Crippen MR) is 205 cm³/mol. The van der Waals surface area contributed by atoms with Crippen LogP contribution in [0.2, 0.25) is 0 Å². The number of aliphatic hydroxyl groups excluding tert-OH is 3. The van der Waals surface area contributed by atoms with Gasteiger partial charge in [-0.25, -0.2) is 4.79 Å². The summed E-state index contributed by atoms with van der Waals surface area (Å²) in [5, 5.41) is 81.5. The van der Waals surface area contributed by atoms with Crippen molar-refractivity contribution in [1.29, 1.82) is 0 Å². The number of nitrogens with one attached hydrogen (secondary N) is 1. The molecule has 2 saturated carbocycles. The second kappa shape index (κ2) is 13.8. The normalized spacial score (nSPS) is 29.0. The van der Waals surface area contributed by atoms with E-state index in [0.29, 0.717) is 23.7 Å². The minimum Gasteiger partial charge on any atom is -0.508 e. The number of aromatic hydroxyl groups is 1. The van der Waals surface area contributed by atoms with E-state index in [1.54, 1.807) is 12.1 Å². The van der Waals surface area contributed by atoms with Crippen LogP contribution in [0.15, 0.2) is 72.8 Å². The molecule has 2 aliphatic heterocycles. The van der Waals surface area contributed by atoms with Gasteiger partial charge in [0.1, 0.15) is 24.1 Å². The number of aromatic amines is 1. The van der Waals surface area contributed by atoms with Crippen LogP contribution in [-0.2, 0) is 26.3 Å². The summed E-state index contributed by atoms with van der Waals surface area (Å²) in [5.74, 6) is -4.46. The quantitative estimate of drug-likeness (QED) is 0.0604. The Balaban J connectivity index is 1.08. The Hall–Kier alpha value is -4.11. The van der Waals surface area contributed by atoms with Crippen LogP contribution in [0.5, 0.6) is 11.5 Å². The fourth-order valence-corrected chi connectivity index (χ4v) is 11.0. The Kier molecular flexibility index (Phi) is 9.22. The largest absolute Gasteiger partial charge is 0.508 e. The molecule has 6 atom stereocenters. The third-order valence-electron chi connectivity index (χ3n) is 14.0. The van der Waals surface area contributed by atoms with Crippen molar-refractivity contribution < 1.29 is 54.8 Å². The zero-order chi connectivity index (χ0) is 39.0. The highest BCUT2D eigenvalue weighted by atomic mass is 16.7. The molecule has 9 rings (SSSR count). The van der Waals surface area contributed by atoms with E-state index in [9.17, 15) is 40.5 Å². The summed E-state index contributed by atoms with van der Waals surface area (Å²) >= 11 is 0. The van der Waals surface area contributed by atoms with E-state index in [2.05, 4.69) is 4.98 Å². The van der Waals surface area contributed by atoms with Gasteiger partial charge in [-0.3, -0.25) is 0 Å². The van der Waals surface area contributed by atoms with Crippen LogP contribution in [0.1, 0.15) is 75.5 Å². The number of carbonyl (C=O) groups is 1. The van der Waals surface area contributed by atoms with Crippen molar-refractivity contribution in [2.75, 3.05) is 6.61 Å². The monoisotopic (exact) mass is 767 g/mol. The van der Waals surface area contributed by atoms with Gasteiger partial charge >= 0.3 is 5.97 Å². The zero-order valence-corrected chi connectivity index (χ0v) is 31.1. The molecule has 4 aromatic carbocycles. The van der Waals surface area contributed by atoms with Gasteiger partial charge < -0.3 is 54.9 Å². The number of phenolic OH excluding ortho intramolecular Hbond substituents is 1. The number of rotatable bonds is 8. The minimum absolute atomic E-state index is 0.0464. The standard InChI is InChI=1S/C44H49NO11/c46-23-32-36(34-30-22-26-6-2-1-5-25(26)21-27(30)7-12-31(34)45-32)55-40(51)37-38-43(52,44(53,24-47)56-37)16-13-33(54-38)35(39(49)50)42(28-8-10-29(48)11-9-28)19-17-41(18-20-42)14-3-4-15-41/h1-2,5-12,21-22,33,35,37-39,45-50,52-53H,3-4,13-20,23-24H2/t33-,35+,37+,38-,43+,44-/m0/s1. The molecular formula is C44H49NO11. The number of phenols is 1. The van der Waals surface area contributed by atoms with Crippen molar-refractivity contribution in [3.8, 4) is 11.5 Å². The van der Waals surface area contributed by atoms with Gasteiger partial charge in [-0.1, -0.05) is 55.3 Å². The summed E-state index contributed by atoms with van der Waals surface area (Å²) < 4.78 is 18.5. The molecule has 8 N–H and O–H groups in total. The molecule has 0 unspecified atom stereocenters. The molecule has 1 aromatic heterocycles. The summed E-state index contributed by atoms with van der Waals surface area (Å²) in [7, 11) is 0. The SMILES string of the molecule is O=C(Oc1c(CO)[nH]c2ccc3cc4ccccc4cc3c12)[C@@H]1O[C@@](O)(CO)[C@@]2(O)CC[C@@H]([C@H](C(O)O)C3(c4ccc(O)cc4)CCC4(CCCC4)CC3)O[C@@H]12. The summed E-state index contributed by atoms with van der Waals surface area (Å²) in [6.45, 7) is -1.56. The maximum absolute atomic E-state index is 14.4. The average Bonchev–Trinajstić information content (AvgIpc) is 3.88. The number of aromatic nitrogens is 1. The number of aliphatic hydroxyl groups is 6. The molecule has 0 amide bonds. The first kappa shape index (κ1) is 37.5. The molecule has 0 bridgehead atoms. The van der Waals surface area contributed by atoms with E-state index in [1.165, 1.54) is 12.8 Å². The highest BCUT2D eigenvalue weighted by molar-refractivity contribution is 6.14. The van der Waals surface area contributed by atoms with Crippen molar-refractivity contribution in [3.05, 3.63) is 84.1 Å². The van der Waals surface area contributed by atoms with Crippen LogP contribution in [0.25, 0.3) is 32.4 Å². The highest BCUT2D eigenvalue weighted by Crippen LogP contribution is 2.59. The van der Waals surface area contributed by atoms with Crippen molar-refractivity contribution in [2.45, 2.75) is 112 Å². The second-order valence-electron chi connectivity index (χ2n) is 16.8. The van der Waals surface area contributed by atoms with Crippen LogP contribution >= 0.6 is 0 Å². The molecule has 12 heteroatoms. The average molecular weight is 768 g/mol. The van der Waals surface area contributed by atoms with E-state index in [4.69, 9.17) is 14.2 Å².